The van der Waals surface area contributed by atoms with E-state index in [1.807, 2.05) is 12.1 Å². The largest absolute Gasteiger partial charge is 0.192 e. The molecule has 1 heteroatoms. The van der Waals surface area contributed by atoms with Crippen molar-refractivity contribution in [1.82, 2.24) is 0 Å². The van der Waals surface area contributed by atoms with Gasteiger partial charge in [0.1, 0.15) is 0 Å². The van der Waals surface area contributed by atoms with Crippen LogP contribution in [0.3, 0.4) is 0 Å². The molecule has 3 aliphatic carbocycles. The van der Waals surface area contributed by atoms with E-state index in [9.17, 15) is 0 Å². The quantitative estimate of drug-likeness (QED) is 0.764. The van der Waals surface area contributed by atoms with Gasteiger partial charge in [-0.25, -0.2) is 0 Å². The molecule has 1 nitrogen and oxygen atoms in total. The van der Waals surface area contributed by atoms with E-state index in [0.29, 0.717) is 5.41 Å². The molecule has 0 saturated heterocycles. The second kappa shape index (κ2) is 4.76. The third kappa shape index (κ3) is 2.29. The molecule has 4 rings (SSSR count). The van der Waals surface area contributed by atoms with Gasteiger partial charge in [0.25, 0.3) is 0 Å². The molecule has 3 fully saturated rings. The smallest absolute Gasteiger partial charge is 0.0991 e. The van der Waals surface area contributed by atoms with Gasteiger partial charge in [-0.05, 0) is 80.4 Å². The molecule has 1 aromatic rings. The monoisotopic (exact) mass is 239 g/mol. The fourth-order valence-corrected chi connectivity index (χ4v) is 3.87. The number of aryl methyl sites for hydroxylation is 1. The SMILES string of the molecule is N#Cc1ccc(CCC23CCC(CC2)CC3)cc1. The van der Waals surface area contributed by atoms with Gasteiger partial charge in [0.05, 0.1) is 11.6 Å². The predicted octanol–water partition coefficient (Wildman–Crippen LogP) is 4.46. The van der Waals surface area contributed by atoms with Gasteiger partial charge in [-0.3, -0.25) is 0 Å². The van der Waals surface area contributed by atoms with Crippen LogP contribution in [0.4, 0.5) is 0 Å². The maximum Gasteiger partial charge on any atom is 0.0991 e. The van der Waals surface area contributed by atoms with Crippen LogP contribution in [0.5, 0.6) is 0 Å². The van der Waals surface area contributed by atoms with Crippen LogP contribution in [0.15, 0.2) is 24.3 Å². The number of benzene rings is 1. The normalized spacial score (nSPS) is 30.1. The van der Waals surface area contributed by atoms with Crippen molar-refractivity contribution in [3.8, 4) is 6.07 Å². The number of hydrogen-bond acceptors (Lipinski definition) is 1. The lowest BCUT2D eigenvalue weighted by atomic mass is 9.59. The molecule has 0 aliphatic heterocycles. The zero-order valence-corrected chi connectivity index (χ0v) is 11.0. The topological polar surface area (TPSA) is 23.8 Å². The molecule has 1 aromatic carbocycles. The summed E-state index contributed by atoms with van der Waals surface area (Å²) in [6, 6.07) is 10.3. The highest BCUT2D eigenvalue weighted by atomic mass is 14.4. The molecule has 94 valence electrons. The molecule has 0 atom stereocenters. The van der Waals surface area contributed by atoms with Crippen LogP contribution >= 0.6 is 0 Å². The van der Waals surface area contributed by atoms with E-state index in [1.54, 1.807) is 0 Å². The molecular weight excluding hydrogens is 218 g/mol. The molecule has 0 heterocycles. The van der Waals surface area contributed by atoms with Gasteiger partial charge in [-0.1, -0.05) is 12.1 Å². The van der Waals surface area contributed by atoms with E-state index >= 15 is 0 Å². The van der Waals surface area contributed by atoms with E-state index in [-0.39, 0.29) is 0 Å². The van der Waals surface area contributed by atoms with Crippen molar-refractivity contribution in [3.63, 3.8) is 0 Å². The standard InChI is InChI=1S/C17H21N/c18-13-16-3-1-14(2-4-16)5-9-17-10-6-15(7-11-17)8-12-17/h1-4,15H,5-12H2. The maximum absolute atomic E-state index is 8.80. The molecule has 3 aliphatic rings. The lowest BCUT2D eigenvalue weighted by molar-refractivity contribution is 0.0570. The van der Waals surface area contributed by atoms with Gasteiger partial charge in [-0.15, -0.1) is 0 Å². The first-order valence-electron chi connectivity index (χ1n) is 7.29. The zero-order chi connectivity index (χ0) is 12.4. The van der Waals surface area contributed by atoms with Crippen LogP contribution in [0.2, 0.25) is 0 Å². The summed E-state index contributed by atoms with van der Waals surface area (Å²) in [6.07, 6.45) is 11.4. The molecule has 0 N–H and O–H groups in total. The lowest BCUT2D eigenvalue weighted by Crippen LogP contribution is -2.34. The molecule has 18 heavy (non-hydrogen) atoms. The number of hydrogen-bond donors (Lipinski definition) is 0. The Kier molecular flexibility index (Phi) is 3.12. The van der Waals surface area contributed by atoms with Gasteiger partial charge < -0.3 is 0 Å². The van der Waals surface area contributed by atoms with Crippen LogP contribution in [0.25, 0.3) is 0 Å². The van der Waals surface area contributed by atoms with E-state index in [0.717, 1.165) is 11.5 Å². The van der Waals surface area contributed by atoms with E-state index in [1.165, 1.54) is 56.9 Å². The van der Waals surface area contributed by atoms with Crippen LogP contribution in [0, 0.1) is 22.7 Å². The van der Waals surface area contributed by atoms with E-state index < -0.39 is 0 Å². The molecule has 0 aromatic heterocycles. The Balaban J connectivity index is 1.61. The molecule has 0 spiro atoms. The van der Waals surface area contributed by atoms with Crippen molar-refractivity contribution in [2.24, 2.45) is 11.3 Å². The van der Waals surface area contributed by atoms with Gasteiger partial charge in [-0.2, -0.15) is 5.26 Å². The predicted molar refractivity (Wildman–Crippen MR) is 73.1 cm³/mol. The van der Waals surface area contributed by atoms with Gasteiger partial charge >= 0.3 is 0 Å². The second-order valence-electron chi connectivity index (χ2n) is 6.29. The maximum atomic E-state index is 8.80. The van der Waals surface area contributed by atoms with Crippen molar-refractivity contribution in [2.75, 3.05) is 0 Å². The Labute approximate surface area is 110 Å². The summed E-state index contributed by atoms with van der Waals surface area (Å²) >= 11 is 0. The van der Waals surface area contributed by atoms with Crippen molar-refractivity contribution in [3.05, 3.63) is 35.4 Å². The van der Waals surface area contributed by atoms with Crippen molar-refractivity contribution < 1.29 is 0 Å². The number of nitriles is 1. The Bertz CT molecular complexity index is 430. The Morgan fingerprint density at radius 3 is 2.22 bits per heavy atom. The first-order valence-corrected chi connectivity index (χ1v) is 7.29. The molecule has 2 bridgehead atoms. The molecular formula is C17H21N. The van der Waals surface area contributed by atoms with Crippen molar-refractivity contribution in [1.29, 1.82) is 5.26 Å². The fraction of sp³-hybridized carbons (Fsp3) is 0.588. The van der Waals surface area contributed by atoms with Crippen molar-refractivity contribution in [2.45, 2.75) is 51.4 Å². The number of fused-ring (bicyclic) bond motifs is 3. The van der Waals surface area contributed by atoms with Crippen molar-refractivity contribution >= 4 is 0 Å². The highest BCUT2D eigenvalue weighted by Gasteiger charge is 2.39. The highest BCUT2D eigenvalue weighted by Crippen LogP contribution is 2.52. The Morgan fingerprint density at radius 1 is 1.06 bits per heavy atom. The van der Waals surface area contributed by atoms with Gasteiger partial charge in [0.2, 0.25) is 0 Å². The summed E-state index contributed by atoms with van der Waals surface area (Å²) in [5.41, 5.74) is 2.84. The summed E-state index contributed by atoms with van der Waals surface area (Å²) < 4.78 is 0. The Hall–Kier alpha value is -1.29. The molecule has 0 radical (unpaired) electrons. The molecule has 3 saturated carbocycles. The van der Waals surface area contributed by atoms with Crippen LogP contribution in [-0.4, -0.2) is 0 Å². The first kappa shape index (κ1) is 11.8. The molecule has 0 unspecified atom stereocenters. The first-order chi connectivity index (χ1) is 8.80. The zero-order valence-electron chi connectivity index (χ0n) is 11.0. The minimum Gasteiger partial charge on any atom is -0.192 e. The third-order valence-electron chi connectivity index (χ3n) is 5.28. The second-order valence-corrected chi connectivity index (χ2v) is 6.29. The van der Waals surface area contributed by atoms with E-state index in [4.69, 9.17) is 5.26 Å². The number of rotatable bonds is 3. The summed E-state index contributed by atoms with van der Waals surface area (Å²) in [5, 5.41) is 8.80. The number of nitrogens with zero attached hydrogens (tertiary/aromatic N) is 1. The van der Waals surface area contributed by atoms with Gasteiger partial charge in [0, 0.05) is 0 Å². The van der Waals surface area contributed by atoms with E-state index in [2.05, 4.69) is 18.2 Å². The Morgan fingerprint density at radius 2 is 1.67 bits per heavy atom. The lowest BCUT2D eigenvalue weighted by Gasteiger charge is -2.47. The van der Waals surface area contributed by atoms with Crippen LogP contribution < -0.4 is 0 Å². The summed E-state index contributed by atoms with van der Waals surface area (Å²) in [7, 11) is 0. The molecule has 0 amide bonds. The minimum absolute atomic E-state index is 0.669. The average molecular weight is 239 g/mol. The minimum atomic E-state index is 0.669. The third-order valence-corrected chi connectivity index (χ3v) is 5.28. The summed E-state index contributed by atoms with van der Waals surface area (Å²) in [4.78, 5) is 0. The summed E-state index contributed by atoms with van der Waals surface area (Å²) in [5.74, 6) is 1.06. The average Bonchev–Trinajstić information content (AvgIpc) is 2.48. The fourth-order valence-electron chi connectivity index (χ4n) is 3.87. The summed E-state index contributed by atoms with van der Waals surface area (Å²) in [6.45, 7) is 0. The van der Waals surface area contributed by atoms with Crippen LogP contribution in [-0.2, 0) is 6.42 Å². The van der Waals surface area contributed by atoms with Gasteiger partial charge in [0.15, 0.2) is 0 Å². The van der Waals surface area contributed by atoms with Crippen LogP contribution in [0.1, 0.15) is 56.1 Å². The highest BCUT2D eigenvalue weighted by molar-refractivity contribution is 5.31.